The van der Waals surface area contributed by atoms with Crippen LogP contribution in [0.5, 0.6) is 0 Å². The first-order valence-electron chi connectivity index (χ1n) is 10.5. The average Bonchev–Trinajstić information content (AvgIpc) is 3.42. The number of piperidine rings is 1. The van der Waals surface area contributed by atoms with Crippen molar-refractivity contribution in [2.75, 3.05) is 19.6 Å². The van der Waals surface area contributed by atoms with E-state index in [-0.39, 0.29) is 5.91 Å². The zero-order chi connectivity index (χ0) is 20.1. The third kappa shape index (κ3) is 4.43. The molecule has 0 spiro atoms. The van der Waals surface area contributed by atoms with Crippen LogP contribution in [0.2, 0.25) is 0 Å². The van der Waals surface area contributed by atoms with E-state index in [0.717, 1.165) is 24.5 Å². The van der Waals surface area contributed by atoms with Crippen molar-refractivity contribution >= 4 is 5.91 Å². The summed E-state index contributed by atoms with van der Waals surface area (Å²) in [5.41, 5.74) is 1.51. The topological polar surface area (TPSA) is 55.1 Å². The van der Waals surface area contributed by atoms with E-state index in [9.17, 15) is 4.79 Å². The molecule has 3 heterocycles. The van der Waals surface area contributed by atoms with Gasteiger partial charge in [-0.2, -0.15) is 5.10 Å². The normalized spacial score (nSPS) is 17.3. The van der Waals surface area contributed by atoms with Crippen molar-refractivity contribution in [3.8, 4) is 11.5 Å². The molecule has 1 fully saturated rings. The molecule has 3 aromatic rings. The number of rotatable bonds is 7. The quantitative estimate of drug-likeness (QED) is 0.626. The van der Waals surface area contributed by atoms with E-state index in [4.69, 9.17) is 0 Å². The Hall–Kier alpha value is -2.86. The maximum atomic E-state index is 12.9. The number of nitrogens with one attached hydrogen (secondary N) is 1. The maximum absolute atomic E-state index is 12.9. The van der Waals surface area contributed by atoms with Crippen LogP contribution in [0.25, 0.3) is 11.5 Å². The molecular weight excluding hydrogens is 362 g/mol. The second-order valence-corrected chi connectivity index (χ2v) is 7.71. The number of amides is 1. The Morgan fingerprint density at radius 3 is 2.69 bits per heavy atom. The van der Waals surface area contributed by atoms with Gasteiger partial charge in [-0.15, -0.1) is 0 Å². The molecular formula is C23H29N5O. The fraction of sp³-hybridized carbons (Fsp3) is 0.391. The highest BCUT2D eigenvalue weighted by Crippen LogP contribution is 2.20. The molecule has 4 rings (SSSR count). The number of para-hydroxylation sites is 1. The van der Waals surface area contributed by atoms with Gasteiger partial charge in [0.25, 0.3) is 5.91 Å². The summed E-state index contributed by atoms with van der Waals surface area (Å²) in [6, 6.07) is 14.4. The van der Waals surface area contributed by atoms with Crippen LogP contribution >= 0.6 is 0 Å². The minimum Gasteiger partial charge on any atom is -0.352 e. The second kappa shape index (κ2) is 9.09. The molecule has 1 atom stereocenters. The van der Waals surface area contributed by atoms with Crippen molar-refractivity contribution in [1.82, 2.24) is 24.6 Å². The molecule has 1 saturated heterocycles. The molecule has 0 unspecified atom stereocenters. The van der Waals surface area contributed by atoms with Gasteiger partial charge in [0.15, 0.2) is 5.82 Å². The number of carbonyl (C=O) groups excluding carboxylic acids is 1. The van der Waals surface area contributed by atoms with E-state index >= 15 is 0 Å². The van der Waals surface area contributed by atoms with E-state index in [1.807, 2.05) is 64.1 Å². The molecule has 0 saturated carbocycles. The predicted molar refractivity (Wildman–Crippen MR) is 115 cm³/mol. The zero-order valence-corrected chi connectivity index (χ0v) is 17.0. The minimum absolute atomic E-state index is 0.0810. The molecule has 0 aliphatic carbocycles. The van der Waals surface area contributed by atoms with Crippen LogP contribution in [0.1, 0.15) is 43.0 Å². The lowest BCUT2D eigenvalue weighted by Gasteiger charge is -2.33. The molecule has 6 nitrogen and oxygen atoms in total. The van der Waals surface area contributed by atoms with Crippen molar-refractivity contribution in [2.24, 2.45) is 0 Å². The summed E-state index contributed by atoms with van der Waals surface area (Å²) in [4.78, 5) is 15.5. The molecule has 1 N–H and O–H groups in total. The number of nitrogens with zero attached hydrogens (tertiary/aromatic N) is 4. The first-order valence-corrected chi connectivity index (χ1v) is 10.5. The smallest absolute Gasteiger partial charge is 0.256 e. The summed E-state index contributed by atoms with van der Waals surface area (Å²) >= 11 is 0. The summed E-state index contributed by atoms with van der Waals surface area (Å²) < 4.78 is 3.74. The molecule has 29 heavy (non-hydrogen) atoms. The fourth-order valence-electron chi connectivity index (χ4n) is 4.05. The monoisotopic (exact) mass is 391 g/mol. The Labute approximate surface area is 172 Å². The average molecular weight is 392 g/mol. The highest BCUT2D eigenvalue weighted by Gasteiger charge is 2.20. The molecule has 6 heteroatoms. The Balaban J connectivity index is 1.45. The Morgan fingerprint density at radius 1 is 1.14 bits per heavy atom. The standard InChI is InChI=1S/C23H29N5O/c1-19-10-5-6-14-26(19)17-9-13-24-22(29)21-18-25-28(20-11-3-2-4-12-20)23(21)27-15-7-8-16-27/h2-4,7-8,11-12,15-16,18-19H,5-6,9-10,13-14,17H2,1H3,(H,24,29)/t19-/m0/s1. The van der Waals surface area contributed by atoms with Crippen LogP contribution in [0.15, 0.2) is 61.1 Å². The van der Waals surface area contributed by atoms with E-state index in [1.165, 1.54) is 25.8 Å². The largest absolute Gasteiger partial charge is 0.352 e. The van der Waals surface area contributed by atoms with E-state index in [0.29, 0.717) is 18.2 Å². The predicted octanol–water partition coefficient (Wildman–Crippen LogP) is 3.66. The van der Waals surface area contributed by atoms with Gasteiger partial charge in [-0.1, -0.05) is 24.6 Å². The van der Waals surface area contributed by atoms with Crippen molar-refractivity contribution in [3.63, 3.8) is 0 Å². The molecule has 2 aromatic heterocycles. The maximum Gasteiger partial charge on any atom is 0.256 e. The zero-order valence-electron chi connectivity index (χ0n) is 17.0. The van der Waals surface area contributed by atoms with E-state index < -0.39 is 0 Å². The lowest BCUT2D eigenvalue weighted by atomic mass is 10.0. The van der Waals surface area contributed by atoms with Gasteiger partial charge in [0.1, 0.15) is 5.56 Å². The summed E-state index contributed by atoms with van der Waals surface area (Å²) in [6.07, 6.45) is 10.4. The summed E-state index contributed by atoms with van der Waals surface area (Å²) in [5.74, 6) is 0.672. The van der Waals surface area contributed by atoms with Crippen molar-refractivity contribution in [3.05, 3.63) is 66.6 Å². The molecule has 1 aromatic carbocycles. The number of aromatic nitrogens is 3. The summed E-state index contributed by atoms with van der Waals surface area (Å²) in [6.45, 7) is 5.19. The molecule has 0 bridgehead atoms. The van der Waals surface area contributed by atoms with Gasteiger partial charge >= 0.3 is 0 Å². The summed E-state index contributed by atoms with van der Waals surface area (Å²) in [5, 5.41) is 7.59. The van der Waals surface area contributed by atoms with Gasteiger partial charge in [0.05, 0.1) is 11.9 Å². The highest BCUT2D eigenvalue weighted by atomic mass is 16.1. The second-order valence-electron chi connectivity index (χ2n) is 7.71. The van der Waals surface area contributed by atoms with Crippen LogP contribution in [-0.2, 0) is 0 Å². The van der Waals surface area contributed by atoms with Gasteiger partial charge in [-0.05, 0) is 57.0 Å². The van der Waals surface area contributed by atoms with Gasteiger partial charge < -0.3 is 14.8 Å². The fourth-order valence-corrected chi connectivity index (χ4v) is 4.05. The Morgan fingerprint density at radius 2 is 1.93 bits per heavy atom. The molecule has 1 aliphatic heterocycles. The minimum atomic E-state index is -0.0810. The highest BCUT2D eigenvalue weighted by molar-refractivity contribution is 5.97. The third-order valence-electron chi connectivity index (χ3n) is 5.69. The number of carbonyl (C=O) groups is 1. The molecule has 1 amide bonds. The van der Waals surface area contributed by atoms with Crippen LogP contribution in [0.4, 0.5) is 0 Å². The molecule has 152 valence electrons. The number of hydrogen-bond acceptors (Lipinski definition) is 3. The molecule has 0 radical (unpaired) electrons. The lowest BCUT2D eigenvalue weighted by molar-refractivity contribution is 0.0949. The van der Waals surface area contributed by atoms with Gasteiger partial charge in [-0.25, -0.2) is 4.68 Å². The van der Waals surface area contributed by atoms with Crippen LogP contribution in [0.3, 0.4) is 0 Å². The Bertz CT molecular complexity index is 916. The van der Waals surface area contributed by atoms with Crippen molar-refractivity contribution < 1.29 is 4.79 Å². The van der Waals surface area contributed by atoms with Crippen LogP contribution < -0.4 is 5.32 Å². The van der Waals surface area contributed by atoms with E-state index in [2.05, 4.69) is 22.2 Å². The first-order chi connectivity index (χ1) is 14.2. The first kappa shape index (κ1) is 19.5. The van der Waals surface area contributed by atoms with Gasteiger partial charge in [0, 0.05) is 31.5 Å². The lowest BCUT2D eigenvalue weighted by Crippen LogP contribution is -2.39. The Kier molecular flexibility index (Phi) is 6.10. The van der Waals surface area contributed by atoms with Crippen molar-refractivity contribution in [2.45, 2.75) is 38.6 Å². The third-order valence-corrected chi connectivity index (χ3v) is 5.69. The van der Waals surface area contributed by atoms with E-state index in [1.54, 1.807) is 6.20 Å². The van der Waals surface area contributed by atoms with Gasteiger partial charge in [0.2, 0.25) is 0 Å². The number of likely N-dealkylation sites (tertiary alicyclic amines) is 1. The summed E-state index contributed by atoms with van der Waals surface area (Å²) in [7, 11) is 0. The van der Waals surface area contributed by atoms with Crippen LogP contribution in [-0.4, -0.2) is 50.8 Å². The van der Waals surface area contributed by atoms with Gasteiger partial charge in [-0.3, -0.25) is 4.79 Å². The van der Waals surface area contributed by atoms with Crippen molar-refractivity contribution in [1.29, 1.82) is 0 Å². The SMILES string of the molecule is C[C@H]1CCCCN1CCCNC(=O)c1cnn(-c2ccccc2)c1-n1cccc1. The molecule has 1 aliphatic rings. The van der Waals surface area contributed by atoms with Crippen LogP contribution in [0, 0.1) is 0 Å². The number of hydrogen-bond donors (Lipinski definition) is 1. The number of benzene rings is 1.